The van der Waals surface area contributed by atoms with Crippen molar-refractivity contribution in [1.29, 1.82) is 0 Å². The van der Waals surface area contributed by atoms with E-state index in [0.717, 1.165) is 49.7 Å². The van der Waals surface area contributed by atoms with Crippen LogP contribution in [0.2, 0.25) is 10.0 Å². The highest BCUT2D eigenvalue weighted by Gasteiger charge is 2.56. The third kappa shape index (κ3) is 6.08. The minimum atomic E-state index is -0.0877. The largest absolute Gasteiger partial charge is 0.341 e. The minimum absolute atomic E-state index is 0.0877. The minimum Gasteiger partial charge on any atom is -0.341 e. The standard InChI is InChI=1S/C34H42Cl2N6O2/c1-21-28-16-24(34(28,3)4)17-30(21)39-33(41-12-5-11-40(14-15-41)22(2)43)38-26-8-9-27-31(19-26)37-20-42(32(27)44)13-10-23-6-7-25(35)18-29(23)36/h6-9,18-21,24,28,30H,5,10-17H2,1-4H3,(H,38,39). The molecule has 4 unspecified atom stereocenters. The van der Waals surface area contributed by atoms with Crippen molar-refractivity contribution in [3.63, 3.8) is 0 Å². The molecule has 3 saturated carbocycles. The van der Waals surface area contributed by atoms with E-state index in [2.05, 4.69) is 36.0 Å². The molecule has 4 atom stereocenters. The van der Waals surface area contributed by atoms with E-state index in [1.807, 2.05) is 29.2 Å². The number of amides is 1. The Morgan fingerprint density at radius 3 is 2.57 bits per heavy atom. The molecule has 1 aromatic heterocycles. The van der Waals surface area contributed by atoms with Gasteiger partial charge in [-0.15, -0.1) is 0 Å². The van der Waals surface area contributed by atoms with E-state index in [-0.39, 0.29) is 17.5 Å². The van der Waals surface area contributed by atoms with E-state index in [4.69, 9.17) is 28.2 Å². The lowest BCUT2D eigenvalue weighted by molar-refractivity contribution is -0.128. The summed E-state index contributed by atoms with van der Waals surface area (Å²) in [5.74, 6) is 2.87. The van der Waals surface area contributed by atoms with E-state index < -0.39 is 0 Å². The molecule has 3 aromatic rings. The average Bonchev–Trinajstić information content (AvgIpc) is 3.25. The van der Waals surface area contributed by atoms with Gasteiger partial charge in [-0.05, 0) is 84.7 Å². The summed E-state index contributed by atoms with van der Waals surface area (Å²) in [4.78, 5) is 39.7. The number of aromatic nitrogens is 2. The van der Waals surface area contributed by atoms with Gasteiger partial charge in [0.05, 0.1) is 23.3 Å². The fourth-order valence-corrected chi connectivity index (χ4v) is 8.08. The monoisotopic (exact) mass is 636 g/mol. The lowest BCUT2D eigenvalue weighted by Crippen LogP contribution is -2.56. The van der Waals surface area contributed by atoms with Crippen LogP contribution in [-0.4, -0.2) is 63.4 Å². The molecule has 0 radical (unpaired) electrons. The summed E-state index contributed by atoms with van der Waals surface area (Å²) in [6, 6.07) is 11.4. The van der Waals surface area contributed by atoms with Gasteiger partial charge in [-0.2, -0.15) is 0 Å². The SMILES string of the molecule is CC(=O)N1CCCN(C(=NC2CC3CC(C2C)C3(C)C)Nc2ccc3c(=O)n(CCc4ccc(Cl)cc4Cl)cnc3c2)CC1. The number of hydrogen-bond donors (Lipinski definition) is 1. The number of carbonyl (C=O) groups is 1. The number of benzene rings is 2. The van der Waals surface area contributed by atoms with Crippen LogP contribution in [0.15, 0.2) is 52.5 Å². The van der Waals surface area contributed by atoms with E-state index in [0.29, 0.717) is 63.6 Å². The Bertz CT molecular complexity index is 1650. The summed E-state index contributed by atoms with van der Waals surface area (Å²) in [5.41, 5.74) is 2.71. The van der Waals surface area contributed by atoms with E-state index in [1.54, 1.807) is 30.0 Å². The molecule has 8 nitrogen and oxygen atoms in total. The molecule has 3 aliphatic carbocycles. The Morgan fingerprint density at radius 1 is 1.07 bits per heavy atom. The first-order chi connectivity index (χ1) is 21.0. The summed E-state index contributed by atoms with van der Waals surface area (Å²) >= 11 is 12.4. The molecule has 234 valence electrons. The summed E-state index contributed by atoms with van der Waals surface area (Å²) < 4.78 is 1.63. The van der Waals surface area contributed by atoms with Crippen LogP contribution in [-0.2, 0) is 17.8 Å². The lowest BCUT2D eigenvalue weighted by Gasteiger charge is -2.61. The third-order valence-electron chi connectivity index (χ3n) is 10.6. The Morgan fingerprint density at radius 2 is 1.84 bits per heavy atom. The Kier molecular flexibility index (Phi) is 8.68. The topological polar surface area (TPSA) is 82.8 Å². The highest BCUT2D eigenvalue weighted by molar-refractivity contribution is 6.35. The van der Waals surface area contributed by atoms with Crippen molar-refractivity contribution < 1.29 is 4.79 Å². The van der Waals surface area contributed by atoms with Gasteiger partial charge in [0.1, 0.15) is 0 Å². The number of nitrogens with zero attached hydrogens (tertiary/aromatic N) is 5. The molecule has 2 bridgehead atoms. The number of aliphatic imine (C=N–C) groups is 1. The van der Waals surface area contributed by atoms with Crippen LogP contribution in [0.3, 0.4) is 0 Å². The first-order valence-corrected chi connectivity index (χ1v) is 16.5. The maximum atomic E-state index is 13.4. The van der Waals surface area contributed by atoms with Gasteiger partial charge in [0.25, 0.3) is 5.56 Å². The molecule has 44 heavy (non-hydrogen) atoms. The van der Waals surface area contributed by atoms with Gasteiger partial charge in [-0.25, -0.2) is 9.98 Å². The zero-order valence-electron chi connectivity index (χ0n) is 26.0. The van der Waals surface area contributed by atoms with Crippen molar-refractivity contribution in [2.45, 2.75) is 66.0 Å². The molecule has 7 rings (SSSR count). The van der Waals surface area contributed by atoms with Crippen LogP contribution in [0.5, 0.6) is 0 Å². The van der Waals surface area contributed by atoms with Crippen molar-refractivity contribution >= 4 is 51.7 Å². The molecule has 1 aliphatic heterocycles. The Labute approximate surface area is 269 Å². The van der Waals surface area contributed by atoms with Gasteiger partial charge in [0, 0.05) is 55.4 Å². The number of hydrogen-bond acceptors (Lipinski definition) is 4. The number of aryl methyl sites for hydroxylation is 2. The molecule has 1 amide bonds. The molecule has 4 fully saturated rings. The average molecular weight is 638 g/mol. The van der Waals surface area contributed by atoms with Crippen LogP contribution in [0.1, 0.15) is 52.5 Å². The normalized spacial score (nSPS) is 25.0. The number of rotatable bonds is 5. The maximum Gasteiger partial charge on any atom is 0.261 e. The lowest BCUT2D eigenvalue weighted by atomic mass is 9.45. The van der Waals surface area contributed by atoms with Gasteiger partial charge in [-0.3, -0.25) is 14.2 Å². The summed E-state index contributed by atoms with van der Waals surface area (Å²) in [7, 11) is 0. The molecule has 2 aromatic carbocycles. The van der Waals surface area contributed by atoms with Crippen molar-refractivity contribution in [3.05, 3.63) is 68.7 Å². The number of fused-ring (bicyclic) bond motifs is 3. The summed E-state index contributed by atoms with van der Waals surface area (Å²) in [6.07, 6.45) is 5.50. The second-order valence-corrected chi connectivity index (χ2v) is 14.3. The summed E-state index contributed by atoms with van der Waals surface area (Å²) in [5, 5.41) is 5.36. The van der Waals surface area contributed by atoms with Crippen LogP contribution >= 0.6 is 23.2 Å². The molecular weight excluding hydrogens is 595 g/mol. The van der Waals surface area contributed by atoms with E-state index in [9.17, 15) is 9.59 Å². The van der Waals surface area contributed by atoms with Crippen LogP contribution in [0.4, 0.5) is 5.69 Å². The van der Waals surface area contributed by atoms with E-state index in [1.165, 1.54) is 6.42 Å². The number of halogens is 2. The molecule has 1 saturated heterocycles. The Hall–Kier alpha value is -3.10. The van der Waals surface area contributed by atoms with Crippen molar-refractivity contribution in [2.24, 2.45) is 28.2 Å². The van der Waals surface area contributed by atoms with Crippen molar-refractivity contribution in [3.8, 4) is 0 Å². The summed E-state index contributed by atoms with van der Waals surface area (Å²) in [6.45, 7) is 12.3. The number of anilines is 1. The number of carbonyl (C=O) groups excluding carboxylic acids is 1. The first kappa shape index (κ1) is 30.9. The fourth-order valence-electron chi connectivity index (χ4n) is 7.58. The fraction of sp³-hybridized carbons (Fsp3) is 0.529. The second-order valence-electron chi connectivity index (χ2n) is 13.4. The van der Waals surface area contributed by atoms with Crippen LogP contribution in [0.25, 0.3) is 10.9 Å². The second kappa shape index (κ2) is 12.4. The molecule has 4 aliphatic rings. The van der Waals surface area contributed by atoms with Gasteiger partial charge < -0.3 is 15.1 Å². The predicted octanol–water partition coefficient (Wildman–Crippen LogP) is 6.34. The van der Waals surface area contributed by atoms with Crippen molar-refractivity contribution in [1.82, 2.24) is 19.4 Å². The highest BCUT2D eigenvalue weighted by atomic mass is 35.5. The molecule has 0 spiro atoms. The quantitative estimate of drug-likeness (QED) is 0.261. The van der Waals surface area contributed by atoms with Gasteiger partial charge in [-0.1, -0.05) is 50.0 Å². The molecule has 1 N–H and O–H groups in total. The zero-order valence-corrected chi connectivity index (χ0v) is 27.5. The molecule has 10 heteroatoms. The predicted molar refractivity (Wildman–Crippen MR) is 179 cm³/mol. The van der Waals surface area contributed by atoms with E-state index >= 15 is 0 Å². The highest BCUT2D eigenvalue weighted by Crippen LogP contribution is 2.61. The zero-order chi connectivity index (χ0) is 31.2. The van der Waals surface area contributed by atoms with Crippen LogP contribution in [0, 0.1) is 23.2 Å². The maximum absolute atomic E-state index is 13.4. The van der Waals surface area contributed by atoms with Crippen molar-refractivity contribution in [2.75, 3.05) is 31.5 Å². The number of guanidine groups is 1. The first-order valence-electron chi connectivity index (χ1n) is 15.8. The Balaban J connectivity index is 1.24. The third-order valence-corrected chi connectivity index (χ3v) is 11.1. The molecule has 2 heterocycles. The number of nitrogens with one attached hydrogen (secondary N) is 1. The van der Waals surface area contributed by atoms with Crippen LogP contribution < -0.4 is 10.9 Å². The van der Waals surface area contributed by atoms with Gasteiger partial charge >= 0.3 is 0 Å². The molecular formula is C34H42Cl2N6O2. The van der Waals surface area contributed by atoms with Gasteiger partial charge in [0.2, 0.25) is 5.91 Å². The van der Waals surface area contributed by atoms with Gasteiger partial charge in [0.15, 0.2) is 5.96 Å². The smallest absolute Gasteiger partial charge is 0.261 e.